The van der Waals surface area contributed by atoms with Gasteiger partial charge in [-0.25, -0.2) is 4.79 Å². The van der Waals surface area contributed by atoms with Gasteiger partial charge < -0.3 is 14.6 Å². The van der Waals surface area contributed by atoms with Gasteiger partial charge in [-0.05, 0) is 68.7 Å². The Morgan fingerprint density at radius 1 is 1.16 bits per heavy atom. The Kier molecular flexibility index (Phi) is 5.04. The lowest BCUT2D eigenvalue weighted by Gasteiger charge is -2.44. The molecule has 2 aromatic rings. The summed E-state index contributed by atoms with van der Waals surface area (Å²) in [4.78, 5) is 24.3. The number of hydrogen-bond donors (Lipinski definition) is 1. The van der Waals surface area contributed by atoms with Gasteiger partial charge in [0.05, 0.1) is 23.9 Å². The Bertz CT molecular complexity index is 1130. The molecule has 1 saturated heterocycles. The Hall–Kier alpha value is -2.80. The standard InChI is InChI=1S/C25H30N2O5/c1-25(2)8-7-20-18-12-23(32-10-4-9-31-3)16(15-5-6-15)11-17(18)21-13-22(28)19(24(29)30)14-26(21)27(20)25/h11-15,20H,4-10H2,1-3H3,(H,29,30)/t20-/m1/s1. The van der Waals surface area contributed by atoms with E-state index in [4.69, 9.17) is 9.47 Å². The van der Waals surface area contributed by atoms with E-state index in [1.807, 2.05) is 4.68 Å². The highest BCUT2D eigenvalue weighted by Crippen LogP contribution is 2.52. The third-order valence-electron chi connectivity index (χ3n) is 7.02. The fourth-order valence-corrected chi connectivity index (χ4v) is 5.27. The highest BCUT2D eigenvalue weighted by Gasteiger charge is 2.45. The molecule has 1 aromatic carbocycles. The van der Waals surface area contributed by atoms with E-state index in [-0.39, 0.29) is 17.1 Å². The molecule has 5 rings (SSSR count). The summed E-state index contributed by atoms with van der Waals surface area (Å²) in [6.07, 6.45) is 6.55. The molecule has 170 valence electrons. The van der Waals surface area contributed by atoms with Gasteiger partial charge in [-0.15, -0.1) is 0 Å². The van der Waals surface area contributed by atoms with Crippen molar-refractivity contribution in [2.24, 2.45) is 0 Å². The number of benzene rings is 1. The van der Waals surface area contributed by atoms with Crippen molar-refractivity contribution in [2.75, 3.05) is 25.3 Å². The highest BCUT2D eigenvalue weighted by molar-refractivity contribution is 5.88. The van der Waals surface area contributed by atoms with Crippen molar-refractivity contribution in [3.05, 3.63) is 51.3 Å². The molecule has 32 heavy (non-hydrogen) atoms. The van der Waals surface area contributed by atoms with Crippen molar-refractivity contribution >= 4 is 5.97 Å². The number of carbonyl (C=O) groups is 1. The number of carboxylic acids is 1. The summed E-state index contributed by atoms with van der Waals surface area (Å²) in [5.74, 6) is 0.224. The van der Waals surface area contributed by atoms with E-state index in [0.717, 1.165) is 54.7 Å². The van der Waals surface area contributed by atoms with Gasteiger partial charge in [-0.2, -0.15) is 0 Å². The van der Waals surface area contributed by atoms with Crippen molar-refractivity contribution in [1.82, 2.24) is 4.68 Å². The van der Waals surface area contributed by atoms with Gasteiger partial charge in [0.25, 0.3) is 0 Å². The van der Waals surface area contributed by atoms with E-state index in [2.05, 4.69) is 31.0 Å². The predicted octanol–water partition coefficient (Wildman–Crippen LogP) is 4.07. The highest BCUT2D eigenvalue weighted by atomic mass is 16.5. The Morgan fingerprint density at radius 2 is 1.94 bits per heavy atom. The second kappa shape index (κ2) is 7.66. The molecule has 7 nitrogen and oxygen atoms in total. The summed E-state index contributed by atoms with van der Waals surface area (Å²) in [5, 5.41) is 11.8. The number of hydrogen-bond acceptors (Lipinski definition) is 5. The Balaban J connectivity index is 1.67. The summed E-state index contributed by atoms with van der Waals surface area (Å²) >= 11 is 0. The van der Waals surface area contributed by atoms with E-state index in [9.17, 15) is 14.7 Å². The number of ether oxygens (including phenoxy) is 2. The lowest BCUT2D eigenvalue weighted by Crippen LogP contribution is -2.50. The van der Waals surface area contributed by atoms with Crippen LogP contribution in [-0.4, -0.2) is 41.6 Å². The molecule has 1 N–H and O–H groups in total. The van der Waals surface area contributed by atoms with Crippen LogP contribution in [0, 0.1) is 0 Å². The van der Waals surface area contributed by atoms with Crippen LogP contribution in [0.3, 0.4) is 0 Å². The minimum Gasteiger partial charge on any atom is -0.493 e. The van der Waals surface area contributed by atoms with Gasteiger partial charge in [-0.1, -0.05) is 0 Å². The lowest BCUT2D eigenvalue weighted by molar-refractivity contribution is 0.0694. The van der Waals surface area contributed by atoms with E-state index in [0.29, 0.717) is 19.1 Å². The number of nitrogens with zero attached hydrogens (tertiary/aromatic N) is 2. The second-order valence-corrected chi connectivity index (χ2v) is 9.74. The molecular formula is C25H30N2O5. The minimum atomic E-state index is -1.19. The summed E-state index contributed by atoms with van der Waals surface area (Å²) in [6, 6.07) is 5.95. The average molecular weight is 439 g/mol. The first kappa shape index (κ1) is 21.1. The van der Waals surface area contributed by atoms with Crippen LogP contribution in [0.2, 0.25) is 0 Å². The van der Waals surface area contributed by atoms with Crippen LogP contribution >= 0.6 is 0 Å². The smallest absolute Gasteiger partial charge is 0.341 e. The van der Waals surface area contributed by atoms with Crippen molar-refractivity contribution < 1.29 is 19.4 Å². The third kappa shape index (κ3) is 3.39. The molecule has 7 heteroatoms. The SMILES string of the molecule is COCCCOc1cc2c(cc1C1CC1)-c1cc(=O)c(C(=O)O)cn1N1[C@@H]2CCC1(C)C. The number of rotatable bonds is 7. The normalized spacial score (nSPS) is 20.5. The molecule has 1 saturated carbocycles. The molecular weight excluding hydrogens is 408 g/mol. The van der Waals surface area contributed by atoms with Crippen LogP contribution < -0.4 is 15.2 Å². The summed E-state index contributed by atoms with van der Waals surface area (Å²) in [7, 11) is 1.69. The number of aromatic carboxylic acids is 1. The van der Waals surface area contributed by atoms with E-state index >= 15 is 0 Å². The first-order valence-electron chi connectivity index (χ1n) is 11.4. The van der Waals surface area contributed by atoms with Crippen molar-refractivity contribution in [3.63, 3.8) is 0 Å². The van der Waals surface area contributed by atoms with Gasteiger partial charge in [0.15, 0.2) is 5.43 Å². The zero-order chi connectivity index (χ0) is 22.6. The van der Waals surface area contributed by atoms with Crippen molar-refractivity contribution in [2.45, 2.75) is 63.5 Å². The predicted molar refractivity (Wildman–Crippen MR) is 121 cm³/mol. The summed E-state index contributed by atoms with van der Waals surface area (Å²) in [5.41, 5.74) is 3.30. The van der Waals surface area contributed by atoms with E-state index in [1.165, 1.54) is 17.8 Å². The maximum atomic E-state index is 12.6. The van der Waals surface area contributed by atoms with Crippen LogP contribution in [0.5, 0.6) is 5.75 Å². The zero-order valence-electron chi connectivity index (χ0n) is 18.9. The van der Waals surface area contributed by atoms with E-state index < -0.39 is 11.4 Å². The first-order chi connectivity index (χ1) is 15.3. The fraction of sp³-hybridized carbons (Fsp3) is 0.520. The fourth-order valence-electron chi connectivity index (χ4n) is 5.27. The van der Waals surface area contributed by atoms with E-state index in [1.54, 1.807) is 7.11 Å². The van der Waals surface area contributed by atoms with Crippen LogP contribution in [0.4, 0.5) is 0 Å². The van der Waals surface area contributed by atoms with Crippen molar-refractivity contribution in [1.29, 1.82) is 0 Å². The number of methoxy groups -OCH3 is 1. The largest absolute Gasteiger partial charge is 0.493 e. The molecule has 0 bridgehead atoms. The van der Waals surface area contributed by atoms with Crippen LogP contribution in [0.1, 0.15) is 79.4 Å². The quantitative estimate of drug-likeness (QED) is 0.657. The van der Waals surface area contributed by atoms with Crippen LogP contribution in [-0.2, 0) is 4.74 Å². The van der Waals surface area contributed by atoms with Gasteiger partial charge in [0, 0.05) is 38.0 Å². The average Bonchev–Trinajstić information content (AvgIpc) is 3.54. The van der Waals surface area contributed by atoms with Crippen LogP contribution in [0.25, 0.3) is 11.3 Å². The molecule has 1 aliphatic carbocycles. The molecule has 0 spiro atoms. The van der Waals surface area contributed by atoms with Gasteiger partial charge in [-0.3, -0.25) is 14.5 Å². The van der Waals surface area contributed by atoms with Gasteiger partial charge >= 0.3 is 5.97 Å². The molecule has 2 aliphatic heterocycles. The molecule has 0 radical (unpaired) electrons. The third-order valence-corrected chi connectivity index (χ3v) is 7.02. The molecule has 2 fully saturated rings. The monoisotopic (exact) mass is 438 g/mol. The number of carboxylic acid groups (broad SMARTS) is 1. The Morgan fingerprint density at radius 3 is 2.62 bits per heavy atom. The maximum absolute atomic E-state index is 12.6. The molecule has 0 unspecified atom stereocenters. The second-order valence-electron chi connectivity index (χ2n) is 9.74. The number of aromatic nitrogens is 1. The first-order valence-corrected chi connectivity index (χ1v) is 11.4. The Labute approximate surface area is 187 Å². The topological polar surface area (TPSA) is 81.0 Å². The maximum Gasteiger partial charge on any atom is 0.341 e. The number of fused-ring (bicyclic) bond motifs is 6. The minimum absolute atomic E-state index is 0.103. The summed E-state index contributed by atoms with van der Waals surface area (Å²) in [6.45, 7) is 5.60. The van der Waals surface area contributed by atoms with Gasteiger partial charge in [0.1, 0.15) is 11.3 Å². The van der Waals surface area contributed by atoms with Gasteiger partial charge in [0.2, 0.25) is 0 Å². The lowest BCUT2D eigenvalue weighted by atomic mass is 9.90. The zero-order valence-corrected chi connectivity index (χ0v) is 18.9. The molecule has 1 aromatic heterocycles. The molecule has 3 aliphatic rings. The van der Waals surface area contributed by atoms with Crippen LogP contribution in [0.15, 0.2) is 29.2 Å². The van der Waals surface area contributed by atoms with Crippen molar-refractivity contribution in [3.8, 4) is 17.0 Å². The molecule has 1 atom stereocenters. The molecule has 3 heterocycles. The molecule has 0 amide bonds. The summed E-state index contributed by atoms with van der Waals surface area (Å²) < 4.78 is 13.3. The number of pyridine rings is 1.